The Hall–Kier alpha value is -0.620. The molecule has 0 aliphatic carbocycles. The third-order valence-electron chi connectivity index (χ3n) is 3.11. The summed E-state index contributed by atoms with van der Waals surface area (Å²) >= 11 is 0. The maximum Gasteiger partial charge on any atom is 0.305 e. The quantitative estimate of drug-likeness (QED) is 0.478. The molecule has 1 fully saturated rings. The van der Waals surface area contributed by atoms with Gasteiger partial charge in [-0.05, 0) is 32.6 Å². The van der Waals surface area contributed by atoms with Crippen molar-refractivity contribution in [2.75, 3.05) is 24.7 Å². The number of sulfone groups is 1. The fraction of sp³-hybridized carbons (Fsp3) is 0.923. The van der Waals surface area contributed by atoms with Gasteiger partial charge in [-0.3, -0.25) is 4.79 Å². The molecule has 0 N–H and O–H groups in total. The molecule has 112 valence electrons. The summed E-state index contributed by atoms with van der Waals surface area (Å²) in [5.74, 6) is 0.130. The van der Waals surface area contributed by atoms with Crippen molar-refractivity contribution in [3.63, 3.8) is 0 Å². The molecule has 0 radical (unpaired) electrons. The molecule has 6 heteroatoms. The molecular formula is C13H24O5S. The van der Waals surface area contributed by atoms with Crippen molar-refractivity contribution < 1.29 is 22.7 Å². The van der Waals surface area contributed by atoms with Gasteiger partial charge in [0.25, 0.3) is 0 Å². The number of unbranched alkanes of at least 4 members (excludes halogenated alkanes) is 2. The fourth-order valence-electron chi connectivity index (χ4n) is 2.14. The van der Waals surface area contributed by atoms with E-state index in [0.717, 1.165) is 19.3 Å². The molecule has 0 amide bonds. The Bertz CT molecular complexity index is 357. The largest absolute Gasteiger partial charge is 0.466 e. The van der Waals surface area contributed by atoms with Crippen LogP contribution in [-0.4, -0.2) is 45.2 Å². The minimum absolute atomic E-state index is 0.107. The Morgan fingerprint density at radius 2 is 2.11 bits per heavy atom. The Balaban J connectivity index is 2.08. The molecule has 0 bridgehead atoms. The second kappa shape index (κ2) is 8.53. The summed E-state index contributed by atoms with van der Waals surface area (Å²) in [6.07, 6.45) is 4.11. The molecule has 1 unspecified atom stereocenters. The molecule has 19 heavy (non-hydrogen) atoms. The second-order valence-electron chi connectivity index (χ2n) is 4.87. The highest BCUT2D eigenvalue weighted by molar-refractivity contribution is 7.91. The molecule has 1 heterocycles. The predicted octanol–water partition coefficient (Wildman–Crippen LogP) is 1.70. The fourth-order valence-corrected chi connectivity index (χ4v) is 3.78. The van der Waals surface area contributed by atoms with E-state index in [4.69, 9.17) is 9.47 Å². The van der Waals surface area contributed by atoms with Crippen LogP contribution in [0.4, 0.5) is 0 Å². The van der Waals surface area contributed by atoms with Gasteiger partial charge >= 0.3 is 5.97 Å². The van der Waals surface area contributed by atoms with Gasteiger partial charge in [-0.25, -0.2) is 8.42 Å². The van der Waals surface area contributed by atoms with E-state index >= 15 is 0 Å². The number of rotatable bonds is 9. The zero-order valence-corrected chi connectivity index (χ0v) is 12.4. The molecular weight excluding hydrogens is 268 g/mol. The van der Waals surface area contributed by atoms with Gasteiger partial charge in [0.1, 0.15) is 0 Å². The van der Waals surface area contributed by atoms with Crippen LogP contribution in [0.15, 0.2) is 0 Å². The summed E-state index contributed by atoms with van der Waals surface area (Å²) in [5.41, 5.74) is 0. The Labute approximate surface area is 115 Å². The van der Waals surface area contributed by atoms with Crippen LogP contribution in [0, 0.1) is 0 Å². The molecule has 0 saturated carbocycles. The smallest absolute Gasteiger partial charge is 0.305 e. The highest BCUT2D eigenvalue weighted by Crippen LogP contribution is 2.15. The van der Waals surface area contributed by atoms with Crippen LogP contribution < -0.4 is 0 Å². The van der Waals surface area contributed by atoms with Crippen molar-refractivity contribution in [3.8, 4) is 0 Å². The summed E-state index contributed by atoms with van der Waals surface area (Å²) < 4.78 is 33.8. The second-order valence-corrected chi connectivity index (χ2v) is 7.09. The zero-order chi connectivity index (χ0) is 14.1. The monoisotopic (exact) mass is 292 g/mol. The molecule has 1 aliphatic rings. The molecule has 0 aromatic rings. The highest BCUT2D eigenvalue weighted by Gasteiger charge is 2.22. The molecule has 1 rings (SSSR count). The zero-order valence-electron chi connectivity index (χ0n) is 11.6. The van der Waals surface area contributed by atoms with Crippen molar-refractivity contribution in [1.82, 2.24) is 0 Å². The Kier molecular flexibility index (Phi) is 7.38. The van der Waals surface area contributed by atoms with Gasteiger partial charge in [-0.15, -0.1) is 0 Å². The van der Waals surface area contributed by atoms with Crippen molar-refractivity contribution in [3.05, 3.63) is 0 Å². The van der Waals surface area contributed by atoms with E-state index in [-0.39, 0.29) is 23.6 Å². The van der Waals surface area contributed by atoms with Crippen LogP contribution in [0.1, 0.15) is 45.4 Å². The molecule has 0 aromatic heterocycles. The first-order chi connectivity index (χ1) is 9.03. The number of carbonyl (C=O) groups is 1. The number of hydrogen-bond donors (Lipinski definition) is 0. The van der Waals surface area contributed by atoms with Crippen LogP contribution in [-0.2, 0) is 24.1 Å². The SMILES string of the molecule is CCOC(=O)CCCCCS(=O)(=O)CC1CCCO1. The summed E-state index contributed by atoms with van der Waals surface area (Å²) in [6.45, 7) is 2.85. The molecule has 0 aromatic carbocycles. The lowest BCUT2D eigenvalue weighted by Gasteiger charge is -2.09. The van der Waals surface area contributed by atoms with Crippen LogP contribution in [0.5, 0.6) is 0 Å². The van der Waals surface area contributed by atoms with Gasteiger partial charge in [0.15, 0.2) is 9.84 Å². The summed E-state index contributed by atoms with van der Waals surface area (Å²) in [7, 11) is -3.02. The predicted molar refractivity (Wildman–Crippen MR) is 72.7 cm³/mol. The van der Waals surface area contributed by atoms with E-state index in [9.17, 15) is 13.2 Å². The van der Waals surface area contributed by atoms with E-state index in [1.807, 2.05) is 0 Å². The third kappa shape index (κ3) is 7.52. The molecule has 5 nitrogen and oxygen atoms in total. The van der Waals surface area contributed by atoms with Crippen LogP contribution >= 0.6 is 0 Å². The minimum atomic E-state index is -3.02. The van der Waals surface area contributed by atoms with Crippen LogP contribution in [0.25, 0.3) is 0 Å². The first-order valence-corrected chi connectivity index (χ1v) is 8.83. The number of carbonyl (C=O) groups excluding carboxylic acids is 1. The lowest BCUT2D eigenvalue weighted by molar-refractivity contribution is -0.143. The van der Waals surface area contributed by atoms with E-state index in [0.29, 0.717) is 32.5 Å². The van der Waals surface area contributed by atoms with Crippen molar-refractivity contribution in [2.45, 2.75) is 51.6 Å². The van der Waals surface area contributed by atoms with Gasteiger partial charge in [-0.2, -0.15) is 0 Å². The number of esters is 1. The van der Waals surface area contributed by atoms with Crippen molar-refractivity contribution >= 4 is 15.8 Å². The first kappa shape index (κ1) is 16.4. The van der Waals surface area contributed by atoms with Crippen LogP contribution in [0.3, 0.4) is 0 Å². The summed E-state index contributed by atoms with van der Waals surface area (Å²) in [6, 6.07) is 0. The third-order valence-corrected chi connectivity index (χ3v) is 4.90. The lowest BCUT2D eigenvalue weighted by atomic mass is 10.2. The van der Waals surface area contributed by atoms with Crippen molar-refractivity contribution in [1.29, 1.82) is 0 Å². The van der Waals surface area contributed by atoms with E-state index in [1.165, 1.54) is 0 Å². The van der Waals surface area contributed by atoms with Gasteiger partial charge in [0.05, 0.1) is 24.2 Å². The lowest BCUT2D eigenvalue weighted by Crippen LogP contribution is -2.22. The maximum absolute atomic E-state index is 11.8. The topological polar surface area (TPSA) is 69.7 Å². The minimum Gasteiger partial charge on any atom is -0.466 e. The summed E-state index contributed by atoms with van der Waals surface area (Å²) in [4.78, 5) is 11.1. The van der Waals surface area contributed by atoms with Gasteiger partial charge in [-0.1, -0.05) is 6.42 Å². The molecule has 0 spiro atoms. The molecule has 1 atom stereocenters. The average Bonchev–Trinajstić information content (AvgIpc) is 2.80. The average molecular weight is 292 g/mol. The Morgan fingerprint density at radius 3 is 2.74 bits per heavy atom. The van der Waals surface area contributed by atoms with Crippen molar-refractivity contribution in [2.24, 2.45) is 0 Å². The normalized spacial score (nSPS) is 19.5. The Morgan fingerprint density at radius 1 is 1.32 bits per heavy atom. The first-order valence-electron chi connectivity index (χ1n) is 7.01. The van der Waals surface area contributed by atoms with E-state index in [1.54, 1.807) is 6.92 Å². The van der Waals surface area contributed by atoms with Crippen LogP contribution in [0.2, 0.25) is 0 Å². The van der Waals surface area contributed by atoms with E-state index < -0.39 is 9.84 Å². The standard InChI is InChI=1S/C13H24O5S/c1-2-17-13(14)8-4-3-5-10-19(15,16)11-12-7-6-9-18-12/h12H,2-11H2,1H3. The maximum atomic E-state index is 11.8. The van der Waals surface area contributed by atoms with Gasteiger partial charge in [0, 0.05) is 13.0 Å². The number of ether oxygens (including phenoxy) is 2. The number of hydrogen-bond acceptors (Lipinski definition) is 5. The van der Waals surface area contributed by atoms with Gasteiger partial charge in [0.2, 0.25) is 0 Å². The molecule has 1 aliphatic heterocycles. The molecule has 1 saturated heterocycles. The highest BCUT2D eigenvalue weighted by atomic mass is 32.2. The van der Waals surface area contributed by atoms with E-state index in [2.05, 4.69) is 0 Å². The van der Waals surface area contributed by atoms with Gasteiger partial charge < -0.3 is 9.47 Å². The summed E-state index contributed by atoms with van der Waals surface area (Å²) in [5, 5.41) is 0.